The van der Waals surface area contributed by atoms with Crippen LogP contribution in [0.3, 0.4) is 0 Å². The highest BCUT2D eigenvalue weighted by Gasteiger charge is 2.37. The molecule has 3 rings (SSSR count). The molecular formula is C25H30N2O6. The molecule has 8 heteroatoms. The van der Waals surface area contributed by atoms with Crippen molar-refractivity contribution in [1.82, 2.24) is 10.6 Å². The zero-order chi connectivity index (χ0) is 24.2. The smallest absolute Gasteiger partial charge is 0.407 e. The monoisotopic (exact) mass is 454 g/mol. The maximum absolute atomic E-state index is 12.7. The number of carbonyl (C=O) groups is 3. The fourth-order valence-electron chi connectivity index (χ4n) is 4.00. The topological polar surface area (TPSA) is 125 Å². The van der Waals surface area contributed by atoms with Crippen LogP contribution in [0, 0.1) is 5.92 Å². The minimum Gasteiger partial charge on any atom is -0.479 e. The molecule has 1 aliphatic carbocycles. The van der Waals surface area contributed by atoms with E-state index in [0.717, 1.165) is 22.3 Å². The van der Waals surface area contributed by atoms with Gasteiger partial charge in [-0.25, -0.2) is 9.59 Å². The van der Waals surface area contributed by atoms with Crippen molar-refractivity contribution in [1.29, 1.82) is 0 Å². The Kier molecular flexibility index (Phi) is 7.38. The summed E-state index contributed by atoms with van der Waals surface area (Å²) in [6.45, 7) is 4.27. The van der Waals surface area contributed by atoms with Gasteiger partial charge in [0.1, 0.15) is 12.6 Å². The summed E-state index contributed by atoms with van der Waals surface area (Å²) in [7, 11) is 0. The van der Waals surface area contributed by atoms with E-state index in [9.17, 15) is 24.6 Å². The van der Waals surface area contributed by atoms with Crippen molar-refractivity contribution in [2.45, 2.75) is 44.7 Å². The molecule has 0 saturated carbocycles. The predicted octanol–water partition coefficient (Wildman–Crippen LogP) is 2.89. The van der Waals surface area contributed by atoms with Gasteiger partial charge in [0.05, 0.1) is 6.61 Å². The molecule has 2 amide bonds. The lowest BCUT2D eigenvalue weighted by Gasteiger charge is -2.27. The van der Waals surface area contributed by atoms with Crippen LogP contribution in [-0.4, -0.2) is 53.0 Å². The molecular weight excluding hydrogens is 424 g/mol. The second-order valence-electron chi connectivity index (χ2n) is 8.94. The average Bonchev–Trinajstić information content (AvgIpc) is 3.10. The number of rotatable bonds is 9. The molecule has 0 saturated heterocycles. The van der Waals surface area contributed by atoms with Crippen LogP contribution in [0.4, 0.5) is 4.79 Å². The van der Waals surface area contributed by atoms with E-state index in [-0.39, 0.29) is 24.9 Å². The van der Waals surface area contributed by atoms with Gasteiger partial charge in [-0.1, -0.05) is 62.4 Å². The second-order valence-corrected chi connectivity index (χ2v) is 8.94. The molecule has 0 radical (unpaired) electrons. The SMILES string of the molecule is CC(C)C[C@@H](NC(=O)OCC1c2ccccc2-c2ccccc21)C(=O)NC(C)(CO)C(=O)O. The average molecular weight is 455 g/mol. The molecule has 0 heterocycles. The van der Waals surface area contributed by atoms with Crippen LogP contribution in [0.15, 0.2) is 48.5 Å². The maximum atomic E-state index is 12.7. The number of amides is 2. The first-order chi connectivity index (χ1) is 15.7. The molecule has 0 aliphatic heterocycles. The number of aliphatic hydroxyl groups excluding tert-OH is 1. The van der Waals surface area contributed by atoms with Gasteiger partial charge in [0.15, 0.2) is 5.54 Å². The molecule has 4 N–H and O–H groups in total. The highest BCUT2D eigenvalue weighted by atomic mass is 16.5. The minimum absolute atomic E-state index is 0.0415. The lowest BCUT2D eigenvalue weighted by Crippen LogP contribution is -2.59. The van der Waals surface area contributed by atoms with Crippen molar-refractivity contribution >= 4 is 18.0 Å². The molecule has 0 bridgehead atoms. The number of fused-ring (bicyclic) bond motifs is 3. The van der Waals surface area contributed by atoms with Gasteiger partial charge < -0.3 is 25.6 Å². The van der Waals surface area contributed by atoms with Crippen molar-refractivity contribution < 1.29 is 29.3 Å². The van der Waals surface area contributed by atoms with E-state index in [1.165, 1.54) is 6.92 Å². The van der Waals surface area contributed by atoms with Crippen LogP contribution in [0.2, 0.25) is 0 Å². The van der Waals surface area contributed by atoms with Crippen molar-refractivity contribution in [3.63, 3.8) is 0 Å². The summed E-state index contributed by atoms with van der Waals surface area (Å²) in [6, 6.07) is 14.9. The summed E-state index contributed by atoms with van der Waals surface area (Å²) in [6.07, 6.45) is -0.490. The number of carbonyl (C=O) groups excluding carboxylic acids is 2. The van der Waals surface area contributed by atoms with E-state index in [0.29, 0.717) is 0 Å². The molecule has 176 valence electrons. The Bertz CT molecular complexity index is 992. The molecule has 0 fully saturated rings. The summed E-state index contributed by atoms with van der Waals surface area (Å²) in [5.41, 5.74) is 2.51. The third-order valence-corrected chi connectivity index (χ3v) is 5.85. The number of aliphatic hydroxyl groups is 1. The number of carboxylic acids is 1. The predicted molar refractivity (Wildman–Crippen MR) is 123 cm³/mol. The first-order valence-corrected chi connectivity index (χ1v) is 10.9. The summed E-state index contributed by atoms with van der Waals surface area (Å²) in [5.74, 6) is -2.15. The Balaban J connectivity index is 1.69. The number of benzene rings is 2. The van der Waals surface area contributed by atoms with E-state index in [1.807, 2.05) is 62.4 Å². The number of carboxylic acid groups (broad SMARTS) is 1. The molecule has 2 aromatic rings. The number of ether oxygens (including phenoxy) is 1. The molecule has 1 unspecified atom stereocenters. The zero-order valence-corrected chi connectivity index (χ0v) is 19.0. The Morgan fingerprint density at radius 2 is 1.58 bits per heavy atom. The van der Waals surface area contributed by atoms with Crippen LogP contribution in [0.25, 0.3) is 11.1 Å². The first kappa shape index (κ1) is 24.3. The molecule has 0 spiro atoms. The molecule has 2 aromatic carbocycles. The van der Waals surface area contributed by atoms with Crippen LogP contribution in [0.5, 0.6) is 0 Å². The number of nitrogens with one attached hydrogen (secondary N) is 2. The van der Waals surface area contributed by atoms with Crippen LogP contribution in [-0.2, 0) is 14.3 Å². The summed E-state index contributed by atoms with van der Waals surface area (Å²) in [4.78, 5) is 36.8. The Labute approximate surface area is 193 Å². The van der Waals surface area contributed by atoms with Crippen molar-refractivity contribution in [2.24, 2.45) is 5.92 Å². The van der Waals surface area contributed by atoms with Gasteiger partial charge in [-0.2, -0.15) is 0 Å². The highest BCUT2D eigenvalue weighted by molar-refractivity contribution is 5.91. The van der Waals surface area contributed by atoms with Crippen LogP contribution >= 0.6 is 0 Å². The molecule has 33 heavy (non-hydrogen) atoms. The molecule has 0 aromatic heterocycles. The van der Waals surface area contributed by atoms with E-state index in [1.54, 1.807) is 0 Å². The number of hydrogen-bond acceptors (Lipinski definition) is 5. The first-order valence-electron chi connectivity index (χ1n) is 10.9. The lowest BCUT2D eigenvalue weighted by molar-refractivity contribution is -0.149. The zero-order valence-electron chi connectivity index (χ0n) is 19.0. The fraction of sp³-hybridized carbons (Fsp3) is 0.400. The van der Waals surface area contributed by atoms with Gasteiger partial charge in [-0.15, -0.1) is 0 Å². The van der Waals surface area contributed by atoms with Crippen molar-refractivity contribution in [3.8, 4) is 11.1 Å². The minimum atomic E-state index is -1.85. The third kappa shape index (κ3) is 5.34. The number of hydrogen-bond donors (Lipinski definition) is 4. The fourth-order valence-corrected chi connectivity index (χ4v) is 4.00. The van der Waals surface area contributed by atoms with Gasteiger partial charge in [-0.05, 0) is 41.5 Å². The van der Waals surface area contributed by atoms with Crippen LogP contribution in [0.1, 0.15) is 44.2 Å². The van der Waals surface area contributed by atoms with E-state index >= 15 is 0 Å². The number of alkyl carbamates (subject to hydrolysis) is 1. The Morgan fingerprint density at radius 3 is 2.06 bits per heavy atom. The quantitative estimate of drug-likeness (QED) is 0.462. The van der Waals surface area contributed by atoms with E-state index < -0.39 is 36.2 Å². The molecule has 1 aliphatic rings. The lowest BCUT2D eigenvalue weighted by atomic mass is 9.98. The second kappa shape index (κ2) is 10.0. The largest absolute Gasteiger partial charge is 0.479 e. The highest BCUT2D eigenvalue weighted by Crippen LogP contribution is 2.44. The third-order valence-electron chi connectivity index (χ3n) is 5.85. The van der Waals surface area contributed by atoms with E-state index in [2.05, 4.69) is 10.6 Å². The summed E-state index contributed by atoms with van der Waals surface area (Å²) < 4.78 is 5.51. The summed E-state index contributed by atoms with van der Waals surface area (Å²) in [5, 5.41) is 23.6. The van der Waals surface area contributed by atoms with Crippen LogP contribution < -0.4 is 10.6 Å². The molecule has 8 nitrogen and oxygen atoms in total. The van der Waals surface area contributed by atoms with E-state index in [4.69, 9.17) is 4.74 Å². The Morgan fingerprint density at radius 1 is 1.03 bits per heavy atom. The number of aliphatic carboxylic acids is 1. The maximum Gasteiger partial charge on any atom is 0.407 e. The van der Waals surface area contributed by atoms with Gasteiger partial charge in [0.25, 0.3) is 0 Å². The van der Waals surface area contributed by atoms with Gasteiger partial charge in [0, 0.05) is 5.92 Å². The van der Waals surface area contributed by atoms with Gasteiger partial charge in [-0.3, -0.25) is 4.79 Å². The Hall–Kier alpha value is -3.39. The van der Waals surface area contributed by atoms with Gasteiger partial charge in [0.2, 0.25) is 5.91 Å². The molecule has 2 atom stereocenters. The van der Waals surface area contributed by atoms with Crippen molar-refractivity contribution in [2.75, 3.05) is 13.2 Å². The van der Waals surface area contributed by atoms with Gasteiger partial charge >= 0.3 is 12.1 Å². The van der Waals surface area contributed by atoms with Crippen molar-refractivity contribution in [3.05, 3.63) is 59.7 Å². The normalized spacial score (nSPS) is 15.2. The summed E-state index contributed by atoms with van der Waals surface area (Å²) >= 11 is 0. The standard InChI is InChI=1S/C25H30N2O6/c1-15(2)12-21(22(29)27-25(3,14-28)23(30)31)26-24(32)33-13-20-18-10-6-4-8-16(18)17-9-5-7-11-19(17)20/h4-11,15,20-21,28H,12-14H2,1-3H3,(H,26,32)(H,27,29)(H,30,31)/t21-,25?/m1/s1.